The molecule has 0 spiro atoms. The summed E-state index contributed by atoms with van der Waals surface area (Å²) in [6.07, 6.45) is -4.66. The van der Waals surface area contributed by atoms with Crippen molar-refractivity contribution in [2.45, 2.75) is 37.3 Å². The van der Waals surface area contributed by atoms with Gasteiger partial charge in [-0.25, -0.2) is 13.1 Å². The minimum atomic E-state index is -4.66. The first-order valence-electron chi connectivity index (χ1n) is 8.87. The molecular weight excluding hydrogens is 405 g/mol. The number of hydrogen-bond donors (Lipinski definition) is 2. The summed E-state index contributed by atoms with van der Waals surface area (Å²) in [5.74, 6) is -0.924. The van der Waals surface area contributed by atoms with E-state index in [2.05, 4.69) is 10.0 Å². The minimum Gasteiger partial charge on any atom is -0.351 e. The van der Waals surface area contributed by atoms with E-state index in [9.17, 15) is 26.4 Å². The maximum absolute atomic E-state index is 13.0. The molecular formula is C20H23F3N2O3S. The van der Waals surface area contributed by atoms with Crippen molar-refractivity contribution < 1.29 is 26.4 Å². The topological polar surface area (TPSA) is 75.3 Å². The maximum Gasteiger partial charge on any atom is 0.417 e. The van der Waals surface area contributed by atoms with Crippen molar-refractivity contribution in [3.05, 3.63) is 65.2 Å². The van der Waals surface area contributed by atoms with Gasteiger partial charge in [-0.1, -0.05) is 45.0 Å². The van der Waals surface area contributed by atoms with E-state index in [1.54, 1.807) is 12.1 Å². The highest BCUT2D eigenvalue weighted by Crippen LogP contribution is 2.31. The molecule has 1 amide bonds. The van der Waals surface area contributed by atoms with Gasteiger partial charge < -0.3 is 5.32 Å². The van der Waals surface area contributed by atoms with E-state index < -0.39 is 33.2 Å². The van der Waals surface area contributed by atoms with Gasteiger partial charge in [0.2, 0.25) is 10.0 Å². The van der Waals surface area contributed by atoms with E-state index in [0.717, 1.165) is 17.7 Å². The van der Waals surface area contributed by atoms with E-state index >= 15 is 0 Å². The highest BCUT2D eigenvalue weighted by atomic mass is 32.2. The Kier molecular flexibility index (Phi) is 6.74. The van der Waals surface area contributed by atoms with Crippen LogP contribution in [0, 0.1) is 0 Å². The van der Waals surface area contributed by atoms with Crippen LogP contribution < -0.4 is 10.0 Å². The fourth-order valence-corrected chi connectivity index (χ4v) is 3.63. The fourth-order valence-electron chi connectivity index (χ4n) is 2.60. The normalized spacial score (nSPS) is 12.6. The molecule has 0 aliphatic rings. The van der Waals surface area contributed by atoms with Crippen LogP contribution in [0.2, 0.25) is 0 Å². The second-order valence-electron chi connectivity index (χ2n) is 7.47. The number of sulfonamides is 1. The van der Waals surface area contributed by atoms with Gasteiger partial charge >= 0.3 is 6.18 Å². The molecule has 0 fully saturated rings. The predicted molar refractivity (Wildman–Crippen MR) is 104 cm³/mol. The van der Waals surface area contributed by atoms with E-state index in [4.69, 9.17) is 0 Å². The Labute approximate surface area is 168 Å². The molecule has 2 aromatic carbocycles. The van der Waals surface area contributed by atoms with E-state index in [1.165, 1.54) is 24.3 Å². The van der Waals surface area contributed by atoms with E-state index in [0.29, 0.717) is 0 Å². The maximum atomic E-state index is 13.0. The zero-order valence-corrected chi connectivity index (χ0v) is 17.1. The molecule has 158 valence electrons. The minimum absolute atomic E-state index is 0.0687. The van der Waals surface area contributed by atoms with E-state index in [1.807, 2.05) is 20.8 Å². The quantitative estimate of drug-likeness (QED) is 0.689. The summed E-state index contributed by atoms with van der Waals surface area (Å²) < 4.78 is 65.9. The van der Waals surface area contributed by atoms with Crippen LogP contribution in [0.4, 0.5) is 13.2 Å². The fraction of sp³-hybridized carbons (Fsp3) is 0.350. The molecule has 0 radical (unpaired) electrons. The monoisotopic (exact) mass is 428 g/mol. The second kappa shape index (κ2) is 8.54. The van der Waals surface area contributed by atoms with Gasteiger partial charge in [0.05, 0.1) is 16.0 Å². The Morgan fingerprint density at radius 2 is 1.52 bits per heavy atom. The molecule has 0 aliphatic heterocycles. The summed E-state index contributed by atoms with van der Waals surface area (Å²) in [5.41, 5.74) is -0.697. The molecule has 0 saturated carbocycles. The summed E-state index contributed by atoms with van der Waals surface area (Å²) in [6.45, 7) is 5.70. The number of amides is 1. The SMILES string of the molecule is CC(C)(C)c1ccc(S(=O)(=O)NCCNC(=O)c2ccccc2C(F)(F)F)cc1. The van der Waals surface area contributed by atoms with Gasteiger partial charge in [0.15, 0.2) is 0 Å². The van der Waals surface area contributed by atoms with Gasteiger partial charge in [-0.05, 0) is 35.2 Å². The number of rotatable bonds is 6. The summed E-state index contributed by atoms with van der Waals surface area (Å²) >= 11 is 0. The number of carbonyl (C=O) groups excluding carboxylic acids is 1. The van der Waals surface area contributed by atoms with Crippen LogP contribution >= 0.6 is 0 Å². The average Bonchev–Trinajstić information content (AvgIpc) is 2.64. The van der Waals surface area contributed by atoms with Gasteiger partial charge in [-0.3, -0.25) is 4.79 Å². The van der Waals surface area contributed by atoms with Crippen molar-refractivity contribution in [2.75, 3.05) is 13.1 Å². The van der Waals surface area contributed by atoms with Crippen molar-refractivity contribution >= 4 is 15.9 Å². The Bertz CT molecular complexity index is 964. The van der Waals surface area contributed by atoms with Crippen LogP contribution in [0.15, 0.2) is 53.4 Å². The molecule has 2 N–H and O–H groups in total. The Hall–Kier alpha value is -2.39. The predicted octanol–water partition coefficient (Wildman–Crippen LogP) is 3.71. The Morgan fingerprint density at radius 3 is 2.07 bits per heavy atom. The zero-order valence-electron chi connectivity index (χ0n) is 16.3. The number of nitrogens with one attached hydrogen (secondary N) is 2. The first-order chi connectivity index (χ1) is 13.3. The first-order valence-corrected chi connectivity index (χ1v) is 10.4. The van der Waals surface area contributed by atoms with Crippen LogP contribution in [0.25, 0.3) is 0 Å². The molecule has 5 nitrogen and oxygen atoms in total. The third-order valence-corrected chi connectivity index (χ3v) is 5.69. The smallest absolute Gasteiger partial charge is 0.351 e. The van der Waals surface area contributed by atoms with Crippen LogP contribution in [-0.2, 0) is 21.6 Å². The molecule has 0 saturated heterocycles. The largest absolute Gasteiger partial charge is 0.417 e. The first kappa shape index (κ1) is 22.9. The van der Waals surface area contributed by atoms with Crippen molar-refractivity contribution in [1.29, 1.82) is 0 Å². The number of hydrogen-bond acceptors (Lipinski definition) is 3. The lowest BCUT2D eigenvalue weighted by Gasteiger charge is -2.19. The summed E-state index contributed by atoms with van der Waals surface area (Å²) in [5, 5.41) is 2.30. The number of alkyl halides is 3. The molecule has 0 aliphatic carbocycles. The van der Waals surface area contributed by atoms with Gasteiger partial charge in [-0.2, -0.15) is 13.2 Å². The van der Waals surface area contributed by atoms with Crippen molar-refractivity contribution in [3.63, 3.8) is 0 Å². The molecule has 0 heterocycles. The molecule has 0 unspecified atom stereocenters. The number of benzene rings is 2. The molecule has 0 aromatic heterocycles. The van der Waals surface area contributed by atoms with Crippen LogP contribution in [-0.4, -0.2) is 27.4 Å². The van der Waals surface area contributed by atoms with Crippen LogP contribution in [0.5, 0.6) is 0 Å². The second-order valence-corrected chi connectivity index (χ2v) is 9.24. The molecule has 9 heteroatoms. The van der Waals surface area contributed by atoms with Gasteiger partial charge in [0, 0.05) is 13.1 Å². The van der Waals surface area contributed by atoms with Gasteiger partial charge in [-0.15, -0.1) is 0 Å². The van der Waals surface area contributed by atoms with Crippen LogP contribution in [0.3, 0.4) is 0 Å². The third-order valence-electron chi connectivity index (χ3n) is 4.21. The highest BCUT2D eigenvalue weighted by molar-refractivity contribution is 7.89. The lowest BCUT2D eigenvalue weighted by molar-refractivity contribution is -0.137. The number of halogens is 3. The molecule has 0 bridgehead atoms. The van der Waals surface area contributed by atoms with Gasteiger partial charge in [0.25, 0.3) is 5.91 Å². The van der Waals surface area contributed by atoms with Gasteiger partial charge in [0.1, 0.15) is 0 Å². The standard InChI is InChI=1S/C20H23F3N2O3S/c1-19(2,3)14-8-10-15(11-9-14)29(27,28)25-13-12-24-18(26)16-6-4-5-7-17(16)20(21,22)23/h4-11,25H,12-13H2,1-3H3,(H,24,26). The number of carbonyl (C=O) groups is 1. The van der Waals surface area contributed by atoms with Crippen molar-refractivity contribution in [1.82, 2.24) is 10.0 Å². The molecule has 0 atom stereocenters. The van der Waals surface area contributed by atoms with Crippen LogP contribution in [0.1, 0.15) is 42.3 Å². The highest BCUT2D eigenvalue weighted by Gasteiger charge is 2.34. The zero-order chi connectivity index (χ0) is 21.9. The summed E-state index contributed by atoms with van der Waals surface area (Å²) in [7, 11) is -3.80. The molecule has 2 aromatic rings. The Balaban J connectivity index is 1.96. The van der Waals surface area contributed by atoms with Crippen molar-refractivity contribution in [2.24, 2.45) is 0 Å². The molecule has 2 rings (SSSR count). The summed E-state index contributed by atoms with van der Waals surface area (Å²) in [6, 6.07) is 10.8. The lowest BCUT2D eigenvalue weighted by Crippen LogP contribution is -2.35. The average molecular weight is 428 g/mol. The Morgan fingerprint density at radius 1 is 0.931 bits per heavy atom. The third kappa shape index (κ3) is 6.04. The molecule has 29 heavy (non-hydrogen) atoms. The van der Waals surface area contributed by atoms with E-state index in [-0.39, 0.29) is 23.4 Å². The summed E-state index contributed by atoms with van der Waals surface area (Å²) in [4.78, 5) is 12.1. The van der Waals surface area contributed by atoms with Crippen molar-refractivity contribution in [3.8, 4) is 0 Å². The lowest BCUT2D eigenvalue weighted by atomic mass is 9.87.